The molecule has 0 radical (unpaired) electrons. The molecule has 1 heterocycles. The number of aliphatic hydroxyl groups is 1. The van der Waals surface area contributed by atoms with E-state index in [0.717, 1.165) is 25.3 Å². The molecular weight excluding hydrogens is 170 g/mol. The van der Waals surface area contributed by atoms with E-state index in [9.17, 15) is 0 Å². The smallest absolute Gasteiger partial charge is 0.119 e. The van der Waals surface area contributed by atoms with Crippen LogP contribution in [0.4, 0.5) is 0 Å². The highest BCUT2D eigenvalue weighted by Crippen LogP contribution is 2.00. The Morgan fingerprint density at radius 1 is 1.85 bits per heavy atom. The van der Waals surface area contributed by atoms with E-state index in [1.165, 1.54) is 0 Å². The van der Waals surface area contributed by atoms with E-state index in [1.807, 2.05) is 7.05 Å². The Morgan fingerprint density at radius 2 is 2.54 bits per heavy atom. The van der Waals surface area contributed by atoms with Crippen LogP contribution in [0.1, 0.15) is 2.85 Å². The molecular formula is C7H23N5O. The van der Waals surface area contributed by atoms with Crippen LogP contribution in [0.3, 0.4) is 0 Å². The quantitative estimate of drug-likeness (QED) is 0.354. The predicted molar refractivity (Wildman–Crippen MR) is 56.2 cm³/mol. The minimum atomic E-state index is -0.124. The molecule has 1 rings (SSSR count). The van der Waals surface area contributed by atoms with Crippen LogP contribution in [-0.2, 0) is 0 Å². The highest BCUT2D eigenvalue weighted by molar-refractivity contribution is 5.11. The molecule has 13 heavy (non-hydrogen) atoms. The van der Waals surface area contributed by atoms with Gasteiger partial charge in [0, 0.05) is 22.5 Å². The van der Waals surface area contributed by atoms with Crippen LogP contribution in [0.25, 0.3) is 0 Å². The number of nitrogens with one attached hydrogen (secondary N) is 2. The second-order valence-electron chi connectivity index (χ2n) is 2.89. The summed E-state index contributed by atoms with van der Waals surface area (Å²) in [4.78, 5) is 2.16. The van der Waals surface area contributed by atoms with Crippen molar-refractivity contribution >= 4 is 0 Å². The predicted octanol–water partition coefficient (Wildman–Crippen LogP) is -1.16. The number of nitrogens with two attached hydrogens (primary N) is 1. The number of rotatable bonds is 2. The van der Waals surface area contributed by atoms with Gasteiger partial charge in [0.1, 0.15) is 12.6 Å². The molecule has 1 saturated heterocycles. The zero-order valence-corrected chi connectivity index (χ0v) is 8.01. The van der Waals surface area contributed by atoms with E-state index >= 15 is 0 Å². The van der Waals surface area contributed by atoms with E-state index < -0.39 is 0 Å². The molecule has 8 N–H and O–H groups in total. The highest BCUT2D eigenvalue weighted by atomic mass is 16.3. The zero-order valence-electron chi connectivity index (χ0n) is 8.01. The summed E-state index contributed by atoms with van der Waals surface area (Å²) in [5.74, 6) is 0.532. The van der Waals surface area contributed by atoms with Crippen LogP contribution in [0.2, 0.25) is 0 Å². The van der Waals surface area contributed by atoms with E-state index in [0.29, 0.717) is 5.82 Å². The van der Waals surface area contributed by atoms with E-state index in [2.05, 4.69) is 15.5 Å². The van der Waals surface area contributed by atoms with Crippen molar-refractivity contribution in [2.45, 2.75) is 0 Å². The standard InChI is InChI=1S/C7H16N4O.H3N.2H2/c1-11-3-2-9-6(4-11)7(8)10-5-12;;;/h9-10,12H,2-5,8H2,1H3;1H3;2*1H/b7-6-;;;. The number of aliphatic hydroxyl groups excluding tert-OH is 1. The summed E-state index contributed by atoms with van der Waals surface area (Å²) in [5, 5.41) is 14.4. The Balaban J connectivity index is -0.000000480. The van der Waals surface area contributed by atoms with Crippen LogP contribution < -0.4 is 22.5 Å². The molecule has 0 spiro atoms. The first kappa shape index (κ1) is 12.0. The Bertz CT molecular complexity index is 190. The molecule has 0 aliphatic carbocycles. The van der Waals surface area contributed by atoms with Crippen LogP contribution in [0, 0.1) is 0 Å². The van der Waals surface area contributed by atoms with Gasteiger partial charge in [0.15, 0.2) is 0 Å². The molecule has 82 valence electrons. The molecule has 6 heteroatoms. The third kappa shape index (κ3) is 3.49. The van der Waals surface area contributed by atoms with E-state index in [1.54, 1.807) is 0 Å². The first-order chi connectivity index (χ1) is 5.74. The summed E-state index contributed by atoms with van der Waals surface area (Å²) in [6.45, 7) is 2.61. The van der Waals surface area contributed by atoms with Crippen LogP contribution >= 0.6 is 0 Å². The number of hydrogen-bond donors (Lipinski definition) is 5. The summed E-state index contributed by atoms with van der Waals surface area (Å²) in [6.07, 6.45) is 0. The topological polar surface area (TPSA) is 109 Å². The van der Waals surface area contributed by atoms with Crippen molar-refractivity contribution in [3.05, 3.63) is 11.5 Å². The molecule has 0 aromatic rings. The Morgan fingerprint density at radius 3 is 3.08 bits per heavy atom. The highest BCUT2D eigenvalue weighted by Gasteiger charge is 2.11. The average Bonchev–Trinajstić information content (AvgIpc) is 2.05. The van der Waals surface area contributed by atoms with Gasteiger partial charge in [0.2, 0.25) is 0 Å². The van der Waals surface area contributed by atoms with Crippen molar-refractivity contribution in [2.75, 3.05) is 33.4 Å². The largest absolute Gasteiger partial charge is 0.384 e. The first-order valence-electron chi connectivity index (χ1n) is 4.00. The first-order valence-corrected chi connectivity index (χ1v) is 4.00. The van der Waals surface area contributed by atoms with Crippen molar-refractivity contribution < 1.29 is 7.96 Å². The number of piperazine rings is 1. The van der Waals surface area contributed by atoms with Crippen LogP contribution in [0.5, 0.6) is 0 Å². The van der Waals surface area contributed by atoms with E-state index in [-0.39, 0.29) is 15.7 Å². The lowest BCUT2D eigenvalue weighted by Crippen LogP contribution is -2.43. The maximum Gasteiger partial charge on any atom is 0.119 e. The lowest BCUT2D eigenvalue weighted by Gasteiger charge is -2.27. The van der Waals surface area contributed by atoms with Crippen molar-refractivity contribution in [1.29, 1.82) is 0 Å². The van der Waals surface area contributed by atoms with Crippen LogP contribution in [0.15, 0.2) is 11.5 Å². The fraction of sp³-hybridized carbons (Fsp3) is 0.714. The summed E-state index contributed by atoms with van der Waals surface area (Å²) >= 11 is 0. The molecule has 6 nitrogen and oxygen atoms in total. The third-order valence-electron chi connectivity index (χ3n) is 1.85. The molecule has 1 aliphatic rings. The van der Waals surface area contributed by atoms with Gasteiger partial charge in [-0.3, -0.25) is 4.90 Å². The normalized spacial score (nSPS) is 21.4. The van der Waals surface area contributed by atoms with Gasteiger partial charge in [0.25, 0.3) is 0 Å². The fourth-order valence-corrected chi connectivity index (χ4v) is 1.17. The number of likely N-dealkylation sites (N-methyl/N-ethyl adjacent to an activating group) is 1. The van der Waals surface area contributed by atoms with Gasteiger partial charge in [-0.25, -0.2) is 0 Å². The molecule has 0 amide bonds. The van der Waals surface area contributed by atoms with Crippen molar-refractivity contribution in [3.8, 4) is 0 Å². The van der Waals surface area contributed by atoms with Gasteiger partial charge in [-0.2, -0.15) is 0 Å². The maximum absolute atomic E-state index is 8.57. The lowest BCUT2D eigenvalue weighted by atomic mass is 10.3. The Labute approximate surface area is 81.3 Å². The number of hydrogen-bond acceptors (Lipinski definition) is 6. The molecule has 1 aliphatic heterocycles. The van der Waals surface area contributed by atoms with Gasteiger partial charge >= 0.3 is 0 Å². The number of nitrogens with zero attached hydrogens (tertiary/aromatic N) is 1. The van der Waals surface area contributed by atoms with Crippen molar-refractivity contribution in [3.63, 3.8) is 0 Å². The molecule has 0 aromatic carbocycles. The maximum atomic E-state index is 8.57. The molecule has 0 atom stereocenters. The molecule has 1 fully saturated rings. The van der Waals surface area contributed by atoms with Gasteiger partial charge in [-0.05, 0) is 7.05 Å². The molecule has 0 saturated carbocycles. The van der Waals surface area contributed by atoms with Gasteiger partial charge < -0.3 is 27.6 Å². The van der Waals surface area contributed by atoms with Gasteiger partial charge in [0.05, 0.1) is 5.70 Å². The van der Waals surface area contributed by atoms with Gasteiger partial charge in [-0.15, -0.1) is 0 Å². The average molecular weight is 193 g/mol. The Hall–Kier alpha value is -0.980. The Kier molecular flexibility index (Phi) is 5.20. The lowest BCUT2D eigenvalue weighted by molar-refractivity contribution is 0.269. The van der Waals surface area contributed by atoms with Gasteiger partial charge in [-0.1, -0.05) is 0 Å². The summed E-state index contributed by atoms with van der Waals surface area (Å²) < 4.78 is 0. The van der Waals surface area contributed by atoms with Crippen molar-refractivity contribution in [2.24, 2.45) is 5.73 Å². The second kappa shape index (κ2) is 5.63. The minimum Gasteiger partial charge on any atom is -0.384 e. The monoisotopic (exact) mass is 193 g/mol. The molecule has 0 aromatic heterocycles. The van der Waals surface area contributed by atoms with Crippen molar-refractivity contribution in [1.82, 2.24) is 21.7 Å². The molecule has 0 bridgehead atoms. The minimum absolute atomic E-state index is 0. The molecule has 0 unspecified atom stereocenters. The summed E-state index contributed by atoms with van der Waals surface area (Å²) in [5.41, 5.74) is 6.60. The van der Waals surface area contributed by atoms with E-state index in [4.69, 9.17) is 10.8 Å². The van der Waals surface area contributed by atoms with Crippen LogP contribution in [-0.4, -0.2) is 43.4 Å². The SMILES string of the molecule is CN1CCN/C(=C(/N)NCO)C1.N.[HH].[HH]. The third-order valence-corrected chi connectivity index (χ3v) is 1.85. The summed E-state index contributed by atoms with van der Waals surface area (Å²) in [6, 6.07) is 0. The summed E-state index contributed by atoms with van der Waals surface area (Å²) in [7, 11) is 2.03. The zero-order chi connectivity index (χ0) is 8.97. The fourth-order valence-electron chi connectivity index (χ4n) is 1.17. The second-order valence-corrected chi connectivity index (χ2v) is 2.89.